The standard InChI is InChI=1S/C23H29ClN4O4/c1-16(2)13-27(14-17(3)4)22-9-8-20(28(30)31)10-18(22)12-25-26-23(29)15-32-21-7-5-6-19(24)11-21/h5-12,16-17H,13-15H2,1-4H3,(H,26,29). The molecule has 2 aromatic carbocycles. The molecule has 0 radical (unpaired) electrons. The number of ether oxygens (including phenoxy) is 1. The normalized spacial score (nSPS) is 11.2. The van der Waals surface area contributed by atoms with Crippen LogP contribution in [0, 0.1) is 22.0 Å². The molecule has 32 heavy (non-hydrogen) atoms. The van der Waals surface area contributed by atoms with Crippen LogP contribution >= 0.6 is 11.6 Å². The number of nitro benzene ring substituents is 1. The van der Waals surface area contributed by atoms with Gasteiger partial charge in [0.05, 0.1) is 11.1 Å². The number of carbonyl (C=O) groups is 1. The zero-order valence-corrected chi connectivity index (χ0v) is 19.5. The second-order valence-electron chi connectivity index (χ2n) is 8.23. The molecule has 0 saturated carbocycles. The summed E-state index contributed by atoms with van der Waals surface area (Å²) in [4.78, 5) is 25.1. The van der Waals surface area contributed by atoms with Gasteiger partial charge in [-0.3, -0.25) is 14.9 Å². The van der Waals surface area contributed by atoms with Gasteiger partial charge in [-0.2, -0.15) is 5.10 Å². The molecule has 0 heterocycles. The van der Waals surface area contributed by atoms with Crippen LogP contribution in [0.2, 0.25) is 5.02 Å². The highest BCUT2D eigenvalue weighted by atomic mass is 35.5. The molecule has 0 aliphatic rings. The van der Waals surface area contributed by atoms with Crippen molar-refractivity contribution in [2.75, 3.05) is 24.6 Å². The van der Waals surface area contributed by atoms with E-state index in [0.717, 1.165) is 18.8 Å². The monoisotopic (exact) mass is 460 g/mol. The van der Waals surface area contributed by atoms with Gasteiger partial charge in [-0.15, -0.1) is 0 Å². The molecule has 0 bridgehead atoms. The molecule has 1 amide bonds. The van der Waals surface area contributed by atoms with E-state index in [1.165, 1.54) is 18.3 Å². The average Bonchev–Trinajstić information content (AvgIpc) is 2.71. The van der Waals surface area contributed by atoms with Crippen molar-refractivity contribution in [3.63, 3.8) is 0 Å². The Labute approximate surface area is 193 Å². The number of halogens is 1. The van der Waals surface area contributed by atoms with E-state index in [4.69, 9.17) is 16.3 Å². The highest BCUT2D eigenvalue weighted by Gasteiger charge is 2.17. The summed E-state index contributed by atoms with van der Waals surface area (Å²) in [6.45, 7) is 9.80. The quantitative estimate of drug-likeness (QED) is 0.292. The number of hydrazone groups is 1. The highest BCUT2D eigenvalue weighted by Crippen LogP contribution is 2.26. The number of nitro groups is 1. The van der Waals surface area contributed by atoms with Crippen LogP contribution in [-0.4, -0.2) is 36.7 Å². The third-order valence-corrected chi connectivity index (χ3v) is 4.53. The van der Waals surface area contributed by atoms with Crippen LogP contribution in [0.25, 0.3) is 0 Å². The van der Waals surface area contributed by atoms with E-state index in [9.17, 15) is 14.9 Å². The number of anilines is 1. The third kappa shape index (κ3) is 8.19. The Morgan fingerprint density at radius 2 is 1.88 bits per heavy atom. The molecule has 0 aromatic heterocycles. The van der Waals surface area contributed by atoms with Crippen LogP contribution in [0.4, 0.5) is 11.4 Å². The number of nitrogens with one attached hydrogen (secondary N) is 1. The van der Waals surface area contributed by atoms with E-state index in [-0.39, 0.29) is 12.3 Å². The first-order valence-corrected chi connectivity index (χ1v) is 10.8. The summed E-state index contributed by atoms with van der Waals surface area (Å²) in [6, 6.07) is 11.4. The van der Waals surface area contributed by atoms with Crippen molar-refractivity contribution in [1.29, 1.82) is 0 Å². The summed E-state index contributed by atoms with van der Waals surface area (Å²) in [5.74, 6) is 0.805. The first kappa shape index (κ1) is 25.1. The topological polar surface area (TPSA) is 97.1 Å². The summed E-state index contributed by atoms with van der Waals surface area (Å²) < 4.78 is 5.38. The molecule has 0 spiro atoms. The molecule has 0 aliphatic carbocycles. The van der Waals surface area contributed by atoms with Crippen LogP contribution < -0.4 is 15.1 Å². The predicted octanol–water partition coefficient (Wildman–Crippen LogP) is 4.90. The lowest BCUT2D eigenvalue weighted by Gasteiger charge is -2.29. The maximum absolute atomic E-state index is 12.1. The molecule has 1 N–H and O–H groups in total. The summed E-state index contributed by atoms with van der Waals surface area (Å²) in [6.07, 6.45) is 1.42. The van der Waals surface area contributed by atoms with Crippen molar-refractivity contribution in [2.24, 2.45) is 16.9 Å². The molecule has 0 aliphatic heterocycles. The number of nitrogens with zero attached hydrogens (tertiary/aromatic N) is 3. The minimum atomic E-state index is -0.463. The molecule has 172 valence electrons. The van der Waals surface area contributed by atoms with Gasteiger partial charge >= 0.3 is 0 Å². The van der Waals surface area contributed by atoms with Crippen molar-refractivity contribution in [2.45, 2.75) is 27.7 Å². The average molecular weight is 461 g/mol. The maximum Gasteiger partial charge on any atom is 0.277 e. The Morgan fingerprint density at radius 1 is 1.19 bits per heavy atom. The van der Waals surface area contributed by atoms with Gasteiger partial charge in [0.1, 0.15) is 5.75 Å². The van der Waals surface area contributed by atoms with Gasteiger partial charge in [0.15, 0.2) is 6.61 Å². The lowest BCUT2D eigenvalue weighted by atomic mass is 10.1. The Balaban J connectivity index is 2.16. The lowest BCUT2D eigenvalue weighted by molar-refractivity contribution is -0.384. The molecule has 8 nitrogen and oxygen atoms in total. The number of amides is 1. The minimum Gasteiger partial charge on any atom is -0.484 e. The van der Waals surface area contributed by atoms with Crippen LogP contribution in [0.5, 0.6) is 5.75 Å². The van der Waals surface area contributed by atoms with Crippen LogP contribution in [0.1, 0.15) is 33.3 Å². The van der Waals surface area contributed by atoms with Crippen molar-refractivity contribution in [3.8, 4) is 5.75 Å². The fraction of sp³-hybridized carbons (Fsp3) is 0.391. The predicted molar refractivity (Wildman–Crippen MR) is 128 cm³/mol. The Morgan fingerprint density at radius 3 is 2.47 bits per heavy atom. The number of benzene rings is 2. The van der Waals surface area contributed by atoms with Crippen molar-refractivity contribution < 1.29 is 14.5 Å². The second-order valence-corrected chi connectivity index (χ2v) is 8.67. The van der Waals surface area contributed by atoms with Crippen LogP contribution in [-0.2, 0) is 4.79 Å². The summed E-state index contributed by atoms with van der Waals surface area (Å²) >= 11 is 5.89. The lowest BCUT2D eigenvalue weighted by Crippen LogP contribution is -2.32. The first-order chi connectivity index (χ1) is 15.2. The molecule has 9 heteroatoms. The number of non-ortho nitro benzene ring substituents is 1. The molecule has 0 atom stereocenters. The van der Waals surface area contributed by atoms with E-state index in [1.54, 1.807) is 30.3 Å². The van der Waals surface area contributed by atoms with Gasteiger partial charge in [0.2, 0.25) is 0 Å². The van der Waals surface area contributed by atoms with E-state index >= 15 is 0 Å². The molecule has 0 saturated heterocycles. The van der Waals surface area contributed by atoms with Crippen molar-refractivity contribution in [3.05, 3.63) is 63.2 Å². The second kappa shape index (κ2) is 12.0. The summed E-state index contributed by atoms with van der Waals surface area (Å²) in [5, 5.41) is 15.8. The number of rotatable bonds is 11. The summed E-state index contributed by atoms with van der Waals surface area (Å²) in [5.41, 5.74) is 3.73. The number of hydrogen-bond acceptors (Lipinski definition) is 6. The van der Waals surface area contributed by atoms with Crippen molar-refractivity contribution >= 4 is 35.1 Å². The Kier molecular flexibility index (Phi) is 9.46. The maximum atomic E-state index is 12.1. The molecule has 0 fully saturated rings. The smallest absolute Gasteiger partial charge is 0.277 e. The van der Waals surface area contributed by atoms with E-state index < -0.39 is 10.8 Å². The Hall–Kier alpha value is -3.13. The molecule has 2 rings (SSSR count). The molecular weight excluding hydrogens is 432 g/mol. The largest absolute Gasteiger partial charge is 0.484 e. The van der Waals surface area contributed by atoms with E-state index in [1.807, 2.05) is 0 Å². The number of carbonyl (C=O) groups excluding carboxylic acids is 1. The minimum absolute atomic E-state index is 0.0418. The third-order valence-electron chi connectivity index (χ3n) is 4.29. The molecule has 2 aromatic rings. The van der Waals surface area contributed by atoms with Gasteiger partial charge < -0.3 is 9.64 Å². The fourth-order valence-electron chi connectivity index (χ4n) is 3.11. The molecular formula is C23H29ClN4O4. The Bertz CT molecular complexity index is 953. The fourth-order valence-corrected chi connectivity index (χ4v) is 3.29. The highest BCUT2D eigenvalue weighted by molar-refractivity contribution is 6.30. The van der Waals surface area contributed by atoms with Gasteiger partial charge in [0, 0.05) is 41.5 Å². The van der Waals surface area contributed by atoms with Gasteiger partial charge in [-0.05, 0) is 36.1 Å². The zero-order valence-electron chi connectivity index (χ0n) is 18.7. The van der Waals surface area contributed by atoms with Crippen molar-refractivity contribution in [1.82, 2.24) is 5.43 Å². The van der Waals surface area contributed by atoms with E-state index in [2.05, 4.69) is 43.1 Å². The molecule has 0 unspecified atom stereocenters. The number of hydrogen-bond donors (Lipinski definition) is 1. The van der Waals surface area contributed by atoms with Crippen LogP contribution in [0.15, 0.2) is 47.6 Å². The van der Waals surface area contributed by atoms with Crippen LogP contribution in [0.3, 0.4) is 0 Å². The van der Waals surface area contributed by atoms with Gasteiger partial charge in [-0.25, -0.2) is 5.43 Å². The van der Waals surface area contributed by atoms with Gasteiger partial charge in [-0.1, -0.05) is 45.4 Å². The van der Waals surface area contributed by atoms with E-state index in [0.29, 0.717) is 28.2 Å². The zero-order chi connectivity index (χ0) is 23.7. The SMILES string of the molecule is CC(C)CN(CC(C)C)c1ccc([N+](=O)[O-])cc1C=NNC(=O)COc1cccc(Cl)c1. The first-order valence-electron chi connectivity index (χ1n) is 10.4. The van der Waals surface area contributed by atoms with Gasteiger partial charge in [0.25, 0.3) is 11.6 Å². The summed E-state index contributed by atoms with van der Waals surface area (Å²) in [7, 11) is 0.